The second kappa shape index (κ2) is 8.05. The molecule has 10 heteroatoms. The van der Waals surface area contributed by atoms with Gasteiger partial charge >= 0.3 is 0 Å². The molecule has 1 fully saturated rings. The first kappa shape index (κ1) is 20.2. The maximum atomic E-state index is 12.5. The van der Waals surface area contributed by atoms with Gasteiger partial charge in [0.05, 0.1) is 17.1 Å². The lowest BCUT2D eigenvalue weighted by Gasteiger charge is -2.42. The van der Waals surface area contributed by atoms with E-state index in [0.29, 0.717) is 13.1 Å². The van der Waals surface area contributed by atoms with Crippen molar-refractivity contribution in [3.63, 3.8) is 0 Å². The van der Waals surface area contributed by atoms with Gasteiger partial charge in [0, 0.05) is 30.8 Å². The summed E-state index contributed by atoms with van der Waals surface area (Å²) in [5, 5.41) is 13.4. The molecule has 1 heterocycles. The molecule has 25 heavy (non-hydrogen) atoms. The average molecular weight is 411 g/mol. The maximum Gasteiger partial charge on any atom is 0.269 e. The summed E-state index contributed by atoms with van der Waals surface area (Å²) in [6.45, 7) is 4.78. The van der Waals surface area contributed by atoms with Gasteiger partial charge in [-0.25, -0.2) is 0 Å². The number of rotatable bonds is 4. The van der Waals surface area contributed by atoms with E-state index in [9.17, 15) is 14.9 Å². The van der Waals surface area contributed by atoms with Crippen molar-refractivity contribution in [2.45, 2.75) is 36.0 Å². The monoisotopic (exact) mass is 409 g/mol. The van der Waals surface area contributed by atoms with Crippen molar-refractivity contribution in [2.75, 3.05) is 13.1 Å². The Hall–Kier alpha value is -1.12. The van der Waals surface area contributed by atoms with Gasteiger partial charge in [-0.2, -0.15) is 0 Å². The minimum absolute atomic E-state index is 0.0742. The predicted octanol–water partition coefficient (Wildman–Crippen LogP) is 3.13. The molecule has 7 nitrogen and oxygen atoms in total. The van der Waals surface area contributed by atoms with E-state index in [-0.39, 0.29) is 23.5 Å². The van der Waals surface area contributed by atoms with E-state index in [2.05, 4.69) is 5.32 Å². The van der Waals surface area contributed by atoms with Crippen LogP contribution in [0, 0.1) is 10.1 Å². The number of carbonyl (C=O) groups excluding carboxylic acids is 1. The number of morpholine rings is 1. The number of hydrogen-bond acceptors (Lipinski definition) is 5. The van der Waals surface area contributed by atoms with Gasteiger partial charge < -0.3 is 10.1 Å². The molecule has 0 radical (unpaired) electrons. The van der Waals surface area contributed by atoms with Crippen molar-refractivity contribution in [1.29, 1.82) is 0 Å². The minimum atomic E-state index is -1.76. The summed E-state index contributed by atoms with van der Waals surface area (Å²) in [6.07, 6.45) is -1.02. The number of ether oxygens (including phenoxy) is 1. The molecule has 1 aliphatic rings. The fraction of sp³-hybridized carbons (Fsp3) is 0.533. The summed E-state index contributed by atoms with van der Waals surface area (Å²) in [7, 11) is 0. The van der Waals surface area contributed by atoms with Gasteiger partial charge in [0.25, 0.3) is 11.6 Å². The van der Waals surface area contributed by atoms with Crippen molar-refractivity contribution in [2.24, 2.45) is 0 Å². The van der Waals surface area contributed by atoms with Crippen LogP contribution in [-0.4, -0.2) is 51.0 Å². The predicted molar refractivity (Wildman–Crippen MR) is 96.2 cm³/mol. The molecule has 1 aliphatic heterocycles. The van der Waals surface area contributed by atoms with E-state index in [4.69, 9.17) is 39.5 Å². The van der Waals surface area contributed by atoms with E-state index in [1.54, 1.807) is 0 Å². The highest BCUT2D eigenvalue weighted by Gasteiger charge is 2.41. The summed E-state index contributed by atoms with van der Waals surface area (Å²) >= 11 is 18.2. The topological polar surface area (TPSA) is 84.7 Å². The molecule has 1 saturated heterocycles. The first-order valence-corrected chi connectivity index (χ1v) is 8.73. The number of hydrogen-bond donors (Lipinski definition) is 1. The molecule has 3 atom stereocenters. The molecule has 0 saturated carbocycles. The number of alkyl halides is 3. The largest absolute Gasteiger partial charge is 0.373 e. The van der Waals surface area contributed by atoms with Crippen LogP contribution in [0.15, 0.2) is 24.3 Å². The summed E-state index contributed by atoms with van der Waals surface area (Å²) in [6, 6.07) is 5.21. The van der Waals surface area contributed by atoms with Gasteiger partial charge in [0.15, 0.2) is 0 Å². The lowest BCUT2D eigenvalue weighted by molar-refractivity contribution is -0.384. The van der Waals surface area contributed by atoms with Crippen LogP contribution in [0.3, 0.4) is 0 Å². The van der Waals surface area contributed by atoms with Crippen molar-refractivity contribution >= 4 is 46.4 Å². The zero-order valence-corrected chi connectivity index (χ0v) is 15.9. The average Bonchev–Trinajstić information content (AvgIpc) is 2.50. The van der Waals surface area contributed by atoms with Gasteiger partial charge in [-0.3, -0.25) is 19.8 Å². The van der Waals surface area contributed by atoms with Crippen LogP contribution in [0.1, 0.15) is 24.2 Å². The zero-order valence-electron chi connectivity index (χ0n) is 13.6. The Morgan fingerprint density at radius 2 is 1.80 bits per heavy atom. The molecule has 2 rings (SSSR count). The molecule has 1 amide bonds. The van der Waals surface area contributed by atoms with E-state index in [1.807, 2.05) is 18.7 Å². The summed E-state index contributed by atoms with van der Waals surface area (Å²) in [4.78, 5) is 24.5. The number of amides is 1. The van der Waals surface area contributed by atoms with Gasteiger partial charge in [-0.1, -0.05) is 34.8 Å². The molecule has 1 aromatic rings. The van der Waals surface area contributed by atoms with Gasteiger partial charge in [-0.15, -0.1) is 0 Å². The summed E-state index contributed by atoms with van der Waals surface area (Å²) in [5.74, 6) is -0.488. The lowest BCUT2D eigenvalue weighted by atomic mass is 10.2. The smallest absolute Gasteiger partial charge is 0.269 e. The van der Waals surface area contributed by atoms with Crippen molar-refractivity contribution in [3.05, 3.63) is 39.9 Å². The molecule has 0 aliphatic carbocycles. The van der Waals surface area contributed by atoms with Gasteiger partial charge in [0.1, 0.15) is 6.17 Å². The van der Waals surface area contributed by atoms with Crippen molar-refractivity contribution in [1.82, 2.24) is 10.2 Å². The number of benzene rings is 1. The van der Waals surface area contributed by atoms with Crippen LogP contribution in [-0.2, 0) is 4.74 Å². The maximum absolute atomic E-state index is 12.5. The molecule has 138 valence electrons. The Balaban J connectivity index is 2.16. The Kier molecular flexibility index (Phi) is 6.51. The van der Waals surface area contributed by atoms with Crippen LogP contribution in [0.5, 0.6) is 0 Å². The third kappa shape index (κ3) is 5.43. The molecule has 3 unspecified atom stereocenters. The molecular weight excluding hydrogens is 393 g/mol. The van der Waals surface area contributed by atoms with Gasteiger partial charge in [0.2, 0.25) is 3.79 Å². The molecular formula is C15H18Cl3N3O4. The van der Waals surface area contributed by atoms with Crippen LogP contribution in [0.2, 0.25) is 0 Å². The third-order valence-electron chi connectivity index (χ3n) is 3.73. The number of nitrogens with one attached hydrogen (secondary N) is 1. The Morgan fingerprint density at radius 3 is 2.24 bits per heavy atom. The Bertz CT molecular complexity index is 626. The van der Waals surface area contributed by atoms with Crippen LogP contribution in [0.4, 0.5) is 5.69 Å². The van der Waals surface area contributed by atoms with E-state index in [0.717, 1.165) is 0 Å². The standard InChI is InChI=1S/C15H18Cl3N3O4/c1-9-7-20(8-10(2)25-9)14(15(16,17)18)19-13(22)11-3-5-12(6-4-11)21(23)24/h3-6,9-10,14H,7-8H2,1-2H3,(H,19,22). The van der Waals surface area contributed by atoms with Crippen molar-refractivity contribution < 1.29 is 14.5 Å². The van der Waals surface area contributed by atoms with Gasteiger partial charge in [-0.05, 0) is 26.0 Å². The number of non-ortho nitro benzene ring substituents is 1. The number of carbonyl (C=O) groups is 1. The third-order valence-corrected chi connectivity index (χ3v) is 4.35. The fourth-order valence-electron chi connectivity index (χ4n) is 2.75. The Labute approximate surface area is 160 Å². The van der Waals surface area contributed by atoms with E-state index < -0.39 is 20.8 Å². The highest BCUT2D eigenvalue weighted by atomic mass is 35.6. The van der Waals surface area contributed by atoms with E-state index >= 15 is 0 Å². The van der Waals surface area contributed by atoms with E-state index in [1.165, 1.54) is 24.3 Å². The summed E-state index contributed by atoms with van der Waals surface area (Å²) in [5.41, 5.74) is 0.129. The molecule has 0 aromatic heterocycles. The quantitative estimate of drug-likeness (QED) is 0.468. The first-order chi connectivity index (χ1) is 11.6. The zero-order chi connectivity index (χ0) is 18.8. The normalized spacial score (nSPS) is 23.1. The fourth-order valence-corrected chi connectivity index (χ4v) is 3.33. The number of halogens is 3. The van der Waals surface area contributed by atoms with Crippen LogP contribution < -0.4 is 5.32 Å². The molecule has 1 N–H and O–H groups in total. The summed E-state index contributed by atoms with van der Waals surface area (Å²) < 4.78 is 3.90. The highest BCUT2D eigenvalue weighted by Crippen LogP contribution is 2.33. The SMILES string of the molecule is CC1CN(C(NC(=O)c2ccc([N+](=O)[O-])cc2)C(Cl)(Cl)Cl)CC(C)O1. The second-order valence-electron chi connectivity index (χ2n) is 5.93. The number of nitro groups is 1. The molecule has 1 aromatic carbocycles. The number of nitro benzene ring substituents is 1. The second-order valence-corrected chi connectivity index (χ2v) is 8.30. The van der Waals surface area contributed by atoms with Crippen LogP contribution >= 0.6 is 34.8 Å². The van der Waals surface area contributed by atoms with Crippen LogP contribution in [0.25, 0.3) is 0 Å². The Morgan fingerprint density at radius 1 is 1.28 bits per heavy atom. The first-order valence-electron chi connectivity index (χ1n) is 7.59. The lowest BCUT2D eigenvalue weighted by Crippen LogP contribution is -2.60. The van der Waals surface area contributed by atoms with Crippen molar-refractivity contribution in [3.8, 4) is 0 Å². The molecule has 0 spiro atoms. The number of nitrogens with zero attached hydrogens (tertiary/aromatic N) is 2. The molecule has 0 bridgehead atoms. The minimum Gasteiger partial charge on any atom is -0.373 e. The highest BCUT2D eigenvalue weighted by molar-refractivity contribution is 6.68.